The Morgan fingerprint density at radius 2 is 2.00 bits per heavy atom. The number of methoxy groups -OCH3 is 1. The maximum absolute atomic E-state index is 12.8. The molecule has 0 spiro atoms. The average Bonchev–Trinajstić information content (AvgIpc) is 2.35. The van der Waals surface area contributed by atoms with E-state index in [0.717, 1.165) is 6.07 Å². The second kappa shape index (κ2) is 4.38. The molecule has 8 heteroatoms. The van der Waals surface area contributed by atoms with Crippen molar-refractivity contribution in [1.29, 1.82) is 0 Å². The van der Waals surface area contributed by atoms with Gasteiger partial charge >= 0.3 is 12.1 Å². The van der Waals surface area contributed by atoms with E-state index < -0.39 is 23.7 Å². The Bertz CT molecular complexity index is 655. The first-order valence-electron chi connectivity index (χ1n) is 4.99. The van der Waals surface area contributed by atoms with Crippen LogP contribution in [-0.4, -0.2) is 28.2 Å². The van der Waals surface area contributed by atoms with E-state index >= 15 is 0 Å². The SMILES string of the molecule is COc1ccc2c(C(F)(F)F)nc(C(=O)O)nc2c1. The zero-order valence-electron chi connectivity index (χ0n) is 9.52. The lowest BCUT2D eigenvalue weighted by Gasteiger charge is -2.10. The zero-order chi connectivity index (χ0) is 14.2. The van der Waals surface area contributed by atoms with E-state index in [9.17, 15) is 18.0 Å². The number of carbonyl (C=O) groups is 1. The van der Waals surface area contributed by atoms with Gasteiger partial charge in [-0.15, -0.1) is 0 Å². The van der Waals surface area contributed by atoms with E-state index in [4.69, 9.17) is 9.84 Å². The van der Waals surface area contributed by atoms with Crippen molar-refractivity contribution in [1.82, 2.24) is 9.97 Å². The van der Waals surface area contributed by atoms with E-state index in [1.807, 2.05) is 0 Å². The van der Waals surface area contributed by atoms with Gasteiger partial charge in [0.05, 0.1) is 12.6 Å². The van der Waals surface area contributed by atoms with Crippen molar-refractivity contribution < 1.29 is 27.8 Å². The summed E-state index contributed by atoms with van der Waals surface area (Å²) in [5.74, 6) is -2.26. The van der Waals surface area contributed by atoms with Gasteiger partial charge in [0.2, 0.25) is 5.82 Å². The van der Waals surface area contributed by atoms with Crippen LogP contribution in [0.25, 0.3) is 10.9 Å². The van der Waals surface area contributed by atoms with Crippen molar-refractivity contribution >= 4 is 16.9 Å². The number of hydrogen-bond acceptors (Lipinski definition) is 4. The molecule has 0 atom stereocenters. The Morgan fingerprint density at radius 3 is 2.53 bits per heavy atom. The van der Waals surface area contributed by atoms with Crippen LogP contribution < -0.4 is 4.74 Å². The number of aromatic nitrogens is 2. The van der Waals surface area contributed by atoms with Crippen molar-refractivity contribution in [2.75, 3.05) is 7.11 Å². The first kappa shape index (κ1) is 13.1. The molecule has 0 amide bonds. The van der Waals surface area contributed by atoms with Gasteiger partial charge in [-0.25, -0.2) is 14.8 Å². The van der Waals surface area contributed by atoms with Gasteiger partial charge in [-0.05, 0) is 12.1 Å². The van der Waals surface area contributed by atoms with Crippen molar-refractivity contribution in [3.63, 3.8) is 0 Å². The van der Waals surface area contributed by atoms with Gasteiger partial charge in [0, 0.05) is 11.5 Å². The molecule has 2 aromatic rings. The van der Waals surface area contributed by atoms with E-state index in [-0.39, 0.29) is 16.7 Å². The molecule has 100 valence electrons. The molecule has 1 aromatic heterocycles. The van der Waals surface area contributed by atoms with Crippen LogP contribution in [0.15, 0.2) is 18.2 Å². The van der Waals surface area contributed by atoms with Crippen LogP contribution >= 0.6 is 0 Å². The highest BCUT2D eigenvalue weighted by atomic mass is 19.4. The number of benzene rings is 1. The normalized spacial score (nSPS) is 11.6. The molecule has 0 aliphatic carbocycles. The Hall–Kier alpha value is -2.38. The molecule has 1 aromatic carbocycles. The van der Waals surface area contributed by atoms with Crippen LogP contribution in [0.5, 0.6) is 5.75 Å². The number of halogens is 3. The lowest BCUT2D eigenvalue weighted by molar-refractivity contribution is -0.139. The van der Waals surface area contributed by atoms with E-state index in [0.29, 0.717) is 0 Å². The number of rotatable bonds is 2. The summed E-state index contributed by atoms with van der Waals surface area (Å²) >= 11 is 0. The van der Waals surface area contributed by atoms with Crippen LogP contribution in [-0.2, 0) is 6.18 Å². The van der Waals surface area contributed by atoms with Gasteiger partial charge in [0.15, 0.2) is 5.69 Å². The maximum atomic E-state index is 12.8. The molecule has 0 aliphatic rings. The summed E-state index contributed by atoms with van der Waals surface area (Å²) in [6.07, 6.45) is -4.76. The summed E-state index contributed by atoms with van der Waals surface area (Å²) in [5.41, 5.74) is -1.42. The second-order valence-electron chi connectivity index (χ2n) is 3.58. The molecule has 0 aliphatic heterocycles. The zero-order valence-corrected chi connectivity index (χ0v) is 9.52. The quantitative estimate of drug-likeness (QED) is 0.908. The van der Waals surface area contributed by atoms with Crippen molar-refractivity contribution in [2.45, 2.75) is 6.18 Å². The first-order valence-corrected chi connectivity index (χ1v) is 4.99. The van der Waals surface area contributed by atoms with Gasteiger partial charge in [-0.2, -0.15) is 13.2 Å². The molecule has 0 fully saturated rings. The van der Waals surface area contributed by atoms with Crippen molar-refractivity contribution in [3.8, 4) is 5.75 Å². The highest BCUT2D eigenvalue weighted by molar-refractivity contribution is 5.89. The summed E-state index contributed by atoms with van der Waals surface area (Å²) in [6.45, 7) is 0. The summed E-state index contributed by atoms with van der Waals surface area (Å²) in [4.78, 5) is 17.4. The molecule has 0 radical (unpaired) electrons. The predicted octanol–water partition coefficient (Wildman–Crippen LogP) is 2.36. The number of carboxylic acids is 1. The number of nitrogens with zero attached hydrogens (tertiary/aromatic N) is 2. The van der Waals surface area contributed by atoms with Gasteiger partial charge < -0.3 is 9.84 Å². The van der Waals surface area contributed by atoms with Gasteiger partial charge in [0.25, 0.3) is 0 Å². The number of carboxylic acid groups (broad SMARTS) is 1. The third-order valence-electron chi connectivity index (χ3n) is 2.36. The number of alkyl halides is 3. The number of aromatic carboxylic acids is 1. The predicted molar refractivity (Wildman–Crippen MR) is 58.1 cm³/mol. The van der Waals surface area contributed by atoms with E-state index in [1.54, 1.807) is 0 Å². The average molecular weight is 272 g/mol. The van der Waals surface area contributed by atoms with Crippen LogP contribution in [0.3, 0.4) is 0 Å². The molecule has 0 unspecified atom stereocenters. The van der Waals surface area contributed by atoms with Gasteiger partial charge in [-0.3, -0.25) is 0 Å². The maximum Gasteiger partial charge on any atom is 0.434 e. The number of ether oxygens (including phenoxy) is 1. The molecular formula is C11H7F3N2O3. The monoisotopic (exact) mass is 272 g/mol. The van der Waals surface area contributed by atoms with Gasteiger partial charge in [0.1, 0.15) is 5.75 Å². The minimum atomic E-state index is -4.76. The van der Waals surface area contributed by atoms with E-state index in [2.05, 4.69) is 9.97 Å². The van der Waals surface area contributed by atoms with Crippen LogP contribution in [0.1, 0.15) is 16.3 Å². The number of hydrogen-bond donors (Lipinski definition) is 1. The summed E-state index contributed by atoms with van der Waals surface area (Å²) in [7, 11) is 1.34. The third-order valence-corrected chi connectivity index (χ3v) is 2.36. The molecular weight excluding hydrogens is 265 g/mol. The standard InChI is InChI=1S/C11H7F3N2O3/c1-19-5-2-3-6-7(4-5)15-9(10(17)18)16-8(6)11(12,13)14/h2-4H,1H3,(H,17,18). The first-order chi connectivity index (χ1) is 8.82. The van der Waals surface area contributed by atoms with Crippen LogP contribution in [0.2, 0.25) is 0 Å². The Labute approximate surface area is 104 Å². The third kappa shape index (κ3) is 2.42. The minimum Gasteiger partial charge on any atom is -0.497 e. The van der Waals surface area contributed by atoms with Crippen molar-refractivity contribution in [3.05, 3.63) is 29.7 Å². The fourth-order valence-corrected chi connectivity index (χ4v) is 1.55. The molecule has 1 N–H and O–H groups in total. The van der Waals surface area contributed by atoms with Crippen LogP contribution in [0.4, 0.5) is 13.2 Å². The fraction of sp³-hybridized carbons (Fsp3) is 0.182. The molecule has 1 heterocycles. The summed E-state index contributed by atoms with van der Waals surface area (Å²) in [6, 6.07) is 3.68. The topological polar surface area (TPSA) is 72.3 Å². The molecule has 0 bridgehead atoms. The highest BCUT2D eigenvalue weighted by Crippen LogP contribution is 2.33. The molecule has 0 saturated heterocycles. The Kier molecular flexibility index (Phi) is 3.01. The largest absolute Gasteiger partial charge is 0.497 e. The fourth-order valence-electron chi connectivity index (χ4n) is 1.55. The van der Waals surface area contributed by atoms with E-state index in [1.165, 1.54) is 19.2 Å². The molecule has 0 saturated carbocycles. The molecule has 2 rings (SSSR count). The molecule has 5 nitrogen and oxygen atoms in total. The Morgan fingerprint density at radius 1 is 1.32 bits per heavy atom. The van der Waals surface area contributed by atoms with Crippen LogP contribution in [0, 0.1) is 0 Å². The lowest BCUT2D eigenvalue weighted by Crippen LogP contribution is -2.14. The highest BCUT2D eigenvalue weighted by Gasteiger charge is 2.36. The summed E-state index contributed by atoms with van der Waals surface area (Å²) in [5, 5.41) is 8.46. The number of fused-ring (bicyclic) bond motifs is 1. The van der Waals surface area contributed by atoms with Gasteiger partial charge in [-0.1, -0.05) is 0 Å². The van der Waals surface area contributed by atoms with Crippen molar-refractivity contribution in [2.24, 2.45) is 0 Å². The lowest BCUT2D eigenvalue weighted by atomic mass is 10.1. The minimum absolute atomic E-state index is 0.140. The summed E-state index contributed by atoms with van der Waals surface area (Å²) < 4.78 is 43.3. The molecule has 19 heavy (non-hydrogen) atoms. The second-order valence-corrected chi connectivity index (χ2v) is 3.58. The Balaban J connectivity index is 2.81. The smallest absolute Gasteiger partial charge is 0.434 e.